The minimum absolute atomic E-state index is 0.00326. The van der Waals surface area contributed by atoms with E-state index in [4.69, 9.17) is 15.6 Å². The summed E-state index contributed by atoms with van der Waals surface area (Å²) in [5.41, 5.74) is 8.64. The SMILES string of the molecule is CN(CC=CC(=O)N1CCCC(n2nc(-c3ccc(Oc4ccccc4)cc3)c3c(N)ncnc32)C1)C1CC1. The Kier molecular flexibility index (Phi) is 6.98. The Morgan fingerprint density at radius 2 is 1.85 bits per heavy atom. The van der Waals surface area contributed by atoms with Crippen LogP contribution in [-0.2, 0) is 4.79 Å². The molecular weight excluding hydrogens is 490 g/mol. The van der Waals surface area contributed by atoms with E-state index in [0.29, 0.717) is 24.1 Å². The van der Waals surface area contributed by atoms with Gasteiger partial charge in [-0.05, 0) is 69.1 Å². The molecule has 1 amide bonds. The van der Waals surface area contributed by atoms with E-state index >= 15 is 0 Å². The molecule has 2 aromatic carbocycles. The fraction of sp³-hybridized carbons (Fsp3) is 0.333. The number of anilines is 1. The number of amides is 1. The molecule has 1 aliphatic heterocycles. The third kappa shape index (κ3) is 5.49. The van der Waals surface area contributed by atoms with Gasteiger partial charge in [-0.1, -0.05) is 24.3 Å². The molecular formula is C30H33N7O2. The standard InChI is InChI=1S/C30H33N7O2/c1-35(22-13-14-22)17-6-10-26(38)36-18-5-7-23(19-36)37-30-27(29(31)32-20-33-30)28(34-37)21-11-15-25(16-12-21)39-24-8-3-2-4-9-24/h2-4,6,8-12,15-16,20,22-23H,5,7,13-14,17-19H2,1H3,(H2,31,32,33). The molecule has 6 rings (SSSR count). The first-order chi connectivity index (χ1) is 19.1. The Morgan fingerprint density at radius 3 is 2.62 bits per heavy atom. The Hall–Kier alpha value is -4.24. The van der Waals surface area contributed by atoms with E-state index < -0.39 is 0 Å². The maximum Gasteiger partial charge on any atom is 0.246 e. The quantitative estimate of drug-likeness (QED) is 0.335. The monoisotopic (exact) mass is 523 g/mol. The number of piperidine rings is 1. The zero-order chi connectivity index (χ0) is 26.8. The number of nitrogens with two attached hydrogens (primary N) is 1. The molecule has 2 aliphatic rings. The fourth-order valence-corrected chi connectivity index (χ4v) is 5.20. The highest BCUT2D eigenvalue weighted by Crippen LogP contribution is 2.35. The van der Waals surface area contributed by atoms with Crippen LogP contribution in [0.1, 0.15) is 31.7 Å². The van der Waals surface area contributed by atoms with Crippen LogP contribution >= 0.6 is 0 Å². The molecule has 200 valence electrons. The Bertz CT molecular complexity index is 1480. The number of ether oxygens (including phenoxy) is 1. The lowest BCUT2D eigenvalue weighted by molar-refractivity contribution is -0.127. The second-order valence-electron chi connectivity index (χ2n) is 10.3. The molecule has 4 aromatic rings. The van der Waals surface area contributed by atoms with Crippen LogP contribution in [0.3, 0.4) is 0 Å². The zero-order valence-corrected chi connectivity index (χ0v) is 22.1. The minimum atomic E-state index is -0.00326. The second kappa shape index (κ2) is 10.9. The lowest BCUT2D eigenvalue weighted by atomic mass is 10.1. The molecule has 2 aromatic heterocycles. The maximum absolute atomic E-state index is 13.0. The van der Waals surface area contributed by atoms with Crippen molar-refractivity contribution >= 4 is 22.8 Å². The molecule has 39 heavy (non-hydrogen) atoms. The van der Waals surface area contributed by atoms with Crippen LogP contribution in [0.5, 0.6) is 11.5 Å². The summed E-state index contributed by atoms with van der Waals surface area (Å²) in [6.45, 7) is 2.11. The number of aromatic nitrogens is 4. The Balaban J connectivity index is 1.23. The average molecular weight is 524 g/mol. The lowest BCUT2D eigenvalue weighted by Crippen LogP contribution is -2.40. The summed E-state index contributed by atoms with van der Waals surface area (Å²) >= 11 is 0. The number of rotatable bonds is 8. The second-order valence-corrected chi connectivity index (χ2v) is 10.3. The summed E-state index contributed by atoms with van der Waals surface area (Å²) in [7, 11) is 2.11. The number of nitrogens with zero attached hydrogens (tertiary/aromatic N) is 6. The first kappa shape index (κ1) is 25.1. The van der Waals surface area contributed by atoms with Crippen LogP contribution in [-0.4, -0.2) is 68.2 Å². The van der Waals surface area contributed by atoms with E-state index in [9.17, 15) is 4.79 Å². The highest BCUT2D eigenvalue weighted by atomic mass is 16.5. The van der Waals surface area contributed by atoms with Crippen molar-refractivity contribution in [2.45, 2.75) is 37.8 Å². The van der Waals surface area contributed by atoms with Crippen molar-refractivity contribution in [3.05, 3.63) is 73.1 Å². The number of likely N-dealkylation sites (tertiary alicyclic amines) is 1. The topological polar surface area (TPSA) is 102 Å². The van der Waals surface area contributed by atoms with Crippen LogP contribution in [0, 0.1) is 0 Å². The number of hydrogen-bond donors (Lipinski definition) is 1. The average Bonchev–Trinajstić information content (AvgIpc) is 3.75. The molecule has 1 saturated heterocycles. The van der Waals surface area contributed by atoms with Gasteiger partial charge in [-0.15, -0.1) is 0 Å². The normalized spacial score (nSPS) is 17.8. The lowest BCUT2D eigenvalue weighted by Gasteiger charge is -2.32. The third-order valence-electron chi connectivity index (χ3n) is 7.50. The largest absolute Gasteiger partial charge is 0.457 e. The number of likely N-dealkylation sites (N-methyl/N-ethyl adjacent to an activating group) is 1. The van der Waals surface area contributed by atoms with Crippen LogP contribution in [0.15, 0.2) is 73.1 Å². The van der Waals surface area contributed by atoms with Gasteiger partial charge < -0.3 is 15.4 Å². The summed E-state index contributed by atoms with van der Waals surface area (Å²) in [5.74, 6) is 1.94. The number of benzene rings is 2. The van der Waals surface area contributed by atoms with Crippen molar-refractivity contribution in [3.63, 3.8) is 0 Å². The van der Waals surface area contributed by atoms with Gasteiger partial charge in [-0.2, -0.15) is 5.10 Å². The predicted octanol–water partition coefficient (Wildman–Crippen LogP) is 4.68. The molecule has 1 atom stereocenters. The summed E-state index contributed by atoms with van der Waals surface area (Å²) in [5, 5.41) is 5.72. The predicted molar refractivity (Wildman–Crippen MR) is 151 cm³/mol. The van der Waals surface area contributed by atoms with Crippen molar-refractivity contribution < 1.29 is 9.53 Å². The van der Waals surface area contributed by atoms with E-state index in [1.54, 1.807) is 6.08 Å². The molecule has 1 unspecified atom stereocenters. The highest BCUT2D eigenvalue weighted by Gasteiger charge is 2.28. The number of fused-ring (bicyclic) bond motifs is 1. The van der Waals surface area contributed by atoms with Gasteiger partial charge in [-0.3, -0.25) is 9.69 Å². The van der Waals surface area contributed by atoms with Crippen molar-refractivity contribution in [1.29, 1.82) is 0 Å². The van der Waals surface area contributed by atoms with E-state index in [1.165, 1.54) is 19.2 Å². The van der Waals surface area contributed by atoms with Crippen LogP contribution in [0.4, 0.5) is 5.82 Å². The van der Waals surface area contributed by atoms with Crippen LogP contribution in [0.2, 0.25) is 0 Å². The number of carbonyl (C=O) groups excluding carboxylic acids is 1. The van der Waals surface area contributed by atoms with Crippen molar-refractivity contribution in [2.24, 2.45) is 0 Å². The van der Waals surface area contributed by atoms with Gasteiger partial charge in [0.25, 0.3) is 0 Å². The van der Waals surface area contributed by atoms with Crippen LogP contribution < -0.4 is 10.5 Å². The fourth-order valence-electron chi connectivity index (χ4n) is 5.20. The molecule has 2 fully saturated rings. The zero-order valence-electron chi connectivity index (χ0n) is 22.1. The first-order valence-electron chi connectivity index (χ1n) is 13.5. The molecule has 0 radical (unpaired) electrons. The van der Waals surface area contributed by atoms with Crippen LogP contribution in [0.25, 0.3) is 22.3 Å². The van der Waals surface area contributed by atoms with E-state index in [0.717, 1.165) is 54.1 Å². The van der Waals surface area contributed by atoms with Crippen molar-refractivity contribution in [3.8, 4) is 22.8 Å². The summed E-state index contributed by atoms with van der Waals surface area (Å²) < 4.78 is 7.88. The van der Waals surface area contributed by atoms with Crippen molar-refractivity contribution in [2.75, 3.05) is 32.4 Å². The van der Waals surface area contributed by atoms with E-state index in [2.05, 4.69) is 21.9 Å². The van der Waals surface area contributed by atoms with Crippen molar-refractivity contribution in [1.82, 2.24) is 29.5 Å². The van der Waals surface area contributed by atoms with Gasteiger partial charge >= 0.3 is 0 Å². The molecule has 0 bridgehead atoms. The first-order valence-corrected chi connectivity index (χ1v) is 13.5. The molecule has 3 heterocycles. The summed E-state index contributed by atoms with van der Waals surface area (Å²) in [4.78, 5) is 26.0. The molecule has 9 nitrogen and oxygen atoms in total. The minimum Gasteiger partial charge on any atom is -0.457 e. The van der Waals surface area contributed by atoms with Gasteiger partial charge in [0.05, 0.1) is 11.4 Å². The molecule has 2 N–H and O–H groups in total. The van der Waals surface area contributed by atoms with Gasteiger partial charge in [-0.25, -0.2) is 14.6 Å². The molecule has 1 aliphatic carbocycles. The summed E-state index contributed by atoms with van der Waals surface area (Å²) in [6, 6.07) is 18.1. The number of nitrogen functional groups attached to an aromatic ring is 1. The van der Waals surface area contributed by atoms with Gasteiger partial charge in [0, 0.05) is 37.3 Å². The molecule has 1 saturated carbocycles. The number of hydrogen-bond acceptors (Lipinski definition) is 7. The van der Waals surface area contributed by atoms with Gasteiger partial charge in [0.15, 0.2) is 5.65 Å². The van der Waals surface area contributed by atoms with Gasteiger partial charge in [0.2, 0.25) is 5.91 Å². The third-order valence-corrected chi connectivity index (χ3v) is 7.50. The summed E-state index contributed by atoms with van der Waals surface area (Å²) in [6.07, 6.45) is 9.48. The number of carbonyl (C=O) groups is 1. The molecule has 0 spiro atoms. The van der Waals surface area contributed by atoms with E-state index in [1.807, 2.05) is 70.3 Å². The Morgan fingerprint density at radius 1 is 1.08 bits per heavy atom. The highest BCUT2D eigenvalue weighted by molar-refractivity contribution is 5.98. The van der Waals surface area contributed by atoms with Gasteiger partial charge in [0.1, 0.15) is 29.3 Å². The Labute approximate surface area is 227 Å². The number of para-hydroxylation sites is 1. The smallest absolute Gasteiger partial charge is 0.246 e. The van der Waals surface area contributed by atoms with E-state index in [-0.39, 0.29) is 11.9 Å². The maximum atomic E-state index is 13.0. The molecule has 9 heteroatoms.